The van der Waals surface area contributed by atoms with Crippen LogP contribution in [0.15, 0.2) is 0 Å². The van der Waals surface area contributed by atoms with E-state index in [2.05, 4.69) is 43.2 Å². The van der Waals surface area contributed by atoms with Crippen LogP contribution in [-0.4, -0.2) is 61.2 Å². The topological polar surface area (TPSA) is 81.7 Å². The van der Waals surface area contributed by atoms with Gasteiger partial charge in [-0.05, 0) is 90.3 Å². The number of nitrogens with one attached hydrogen (secondary N) is 2. The van der Waals surface area contributed by atoms with Gasteiger partial charge in [0.05, 0.1) is 0 Å². The Bertz CT molecular complexity index is 792. The van der Waals surface area contributed by atoms with Crippen LogP contribution >= 0.6 is 0 Å². The predicted molar refractivity (Wildman–Crippen MR) is 259 cm³/mol. The second-order valence-corrected chi connectivity index (χ2v) is 18.7. The molecule has 0 fully saturated rings. The Morgan fingerprint density at radius 2 is 0.610 bits per heavy atom. The van der Waals surface area contributed by atoms with Gasteiger partial charge >= 0.3 is 0 Å². The van der Waals surface area contributed by atoms with Crippen molar-refractivity contribution in [1.82, 2.24) is 15.5 Å². The lowest BCUT2D eigenvalue weighted by Gasteiger charge is -2.22. The van der Waals surface area contributed by atoms with Crippen LogP contribution in [0.25, 0.3) is 0 Å². The van der Waals surface area contributed by atoms with E-state index in [1.165, 1.54) is 212 Å². The summed E-state index contributed by atoms with van der Waals surface area (Å²) < 4.78 is 0. The summed E-state index contributed by atoms with van der Waals surface area (Å²) in [6, 6.07) is 0. The second-order valence-electron chi connectivity index (χ2n) is 18.7. The SMILES string of the molecule is CCCCCCCCC(CCCCCC)C(=O)NCCCCCCCCN(CCCCCO)CCCCCCCCNC(=O)C(CCCCCC)CCCCCCCC. The predicted octanol–water partition coefficient (Wildman–Crippen LogP) is 15.0. The first kappa shape index (κ1) is 57.9. The molecule has 2 amide bonds. The van der Waals surface area contributed by atoms with Crippen molar-refractivity contribution in [2.24, 2.45) is 11.8 Å². The van der Waals surface area contributed by atoms with Crippen molar-refractivity contribution in [3.05, 3.63) is 0 Å². The van der Waals surface area contributed by atoms with Crippen molar-refractivity contribution in [2.45, 2.75) is 278 Å². The Morgan fingerprint density at radius 3 is 0.932 bits per heavy atom. The minimum Gasteiger partial charge on any atom is -0.396 e. The van der Waals surface area contributed by atoms with Gasteiger partial charge in [0.2, 0.25) is 11.8 Å². The monoisotopic (exact) mass is 834 g/mol. The molecule has 0 aromatic carbocycles. The summed E-state index contributed by atoms with van der Waals surface area (Å²) in [5.41, 5.74) is 0. The van der Waals surface area contributed by atoms with Gasteiger partial charge in [-0.25, -0.2) is 0 Å². The zero-order valence-electron chi connectivity index (χ0n) is 40.7. The maximum Gasteiger partial charge on any atom is 0.223 e. The number of aliphatic hydroxyl groups excluding tert-OH is 1. The van der Waals surface area contributed by atoms with Crippen LogP contribution in [-0.2, 0) is 9.59 Å². The average molecular weight is 834 g/mol. The highest BCUT2D eigenvalue weighted by atomic mass is 16.3. The fourth-order valence-electron chi connectivity index (χ4n) is 8.80. The molecule has 0 rings (SSSR count). The van der Waals surface area contributed by atoms with E-state index in [4.69, 9.17) is 0 Å². The molecule has 0 aliphatic heterocycles. The summed E-state index contributed by atoms with van der Waals surface area (Å²) >= 11 is 0. The Hall–Kier alpha value is -1.14. The van der Waals surface area contributed by atoms with E-state index in [9.17, 15) is 14.7 Å². The first-order chi connectivity index (χ1) is 29.0. The van der Waals surface area contributed by atoms with Gasteiger partial charge < -0.3 is 20.6 Å². The highest BCUT2D eigenvalue weighted by Gasteiger charge is 2.18. The Kier molecular flexibility index (Phi) is 47.0. The number of unbranched alkanes of at least 4 members (excludes halogenated alkanes) is 28. The van der Waals surface area contributed by atoms with Crippen molar-refractivity contribution in [3.63, 3.8) is 0 Å². The summed E-state index contributed by atoms with van der Waals surface area (Å²) in [5.74, 6) is 1.09. The zero-order valence-corrected chi connectivity index (χ0v) is 40.7. The van der Waals surface area contributed by atoms with Crippen molar-refractivity contribution in [3.8, 4) is 0 Å². The van der Waals surface area contributed by atoms with E-state index in [-0.39, 0.29) is 11.8 Å². The lowest BCUT2D eigenvalue weighted by molar-refractivity contribution is -0.126. The molecule has 2 atom stereocenters. The highest BCUT2D eigenvalue weighted by molar-refractivity contribution is 5.78. The fraction of sp³-hybridized carbons (Fsp3) is 0.962. The molecule has 0 aliphatic carbocycles. The van der Waals surface area contributed by atoms with Gasteiger partial charge in [0.15, 0.2) is 0 Å². The second kappa shape index (κ2) is 47.9. The smallest absolute Gasteiger partial charge is 0.223 e. The zero-order chi connectivity index (χ0) is 43.1. The van der Waals surface area contributed by atoms with Gasteiger partial charge in [0.25, 0.3) is 0 Å². The normalized spacial score (nSPS) is 12.6. The Morgan fingerprint density at radius 1 is 0.356 bits per heavy atom. The molecule has 6 heteroatoms. The molecule has 0 spiro atoms. The van der Waals surface area contributed by atoms with Gasteiger partial charge in [-0.15, -0.1) is 0 Å². The molecule has 0 aromatic heterocycles. The van der Waals surface area contributed by atoms with Gasteiger partial charge in [0, 0.05) is 31.5 Å². The van der Waals surface area contributed by atoms with Crippen molar-refractivity contribution < 1.29 is 14.7 Å². The van der Waals surface area contributed by atoms with Crippen LogP contribution < -0.4 is 10.6 Å². The molecule has 352 valence electrons. The molecule has 0 bridgehead atoms. The number of hydrogen-bond donors (Lipinski definition) is 3. The number of rotatable bonds is 49. The van der Waals surface area contributed by atoms with E-state index in [1.54, 1.807) is 0 Å². The first-order valence-electron chi connectivity index (χ1n) is 26.9. The van der Waals surface area contributed by atoms with Gasteiger partial charge in [-0.1, -0.05) is 207 Å². The third-order valence-corrected chi connectivity index (χ3v) is 12.9. The molecule has 0 saturated heterocycles. The minimum atomic E-state index is 0.220. The number of hydrogen-bond acceptors (Lipinski definition) is 4. The van der Waals surface area contributed by atoms with Crippen molar-refractivity contribution >= 4 is 11.8 Å². The molecule has 2 unspecified atom stereocenters. The number of carbonyl (C=O) groups excluding carboxylic acids is 2. The van der Waals surface area contributed by atoms with Crippen LogP contribution in [0.4, 0.5) is 0 Å². The Labute approximate surface area is 370 Å². The molecule has 0 aliphatic rings. The number of carbonyl (C=O) groups is 2. The summed E-state index contributed by atoms with van der Waals surface area (Å²) in [4.78, 5) is 28.8. The van der Waals surface area contributed by atoms with E-state index in [0.717, 1.165) is 71.0 Å². The summed E-state index contributed by atoms with van der Waals surface area (Å²) in [6.45, 7) is 14.6. The lowest BCUT2D eigenvalue weighted by Crippen LogP contribution is -2.31. The lowest BCUT2D eigenvalue weighted by atomic mass is 9.93. The third kappa shape index (κ3) is 40.7. The van der Waals surface area contributed by atoms with Gasteiger partial charge in [-0.2, -0.15) is 0 Å². The molecule has 0 radical (unpaired) electrons. The van der Waals surface area contributed by atoms with E-state index in [1.807, 2.05) is 0 Å². The van der Waals surface area contributed by atoms with Gasteiger partial charge in [0.1, 0.15) is 0 Å². The van der Waals surface area contributed by atoms with Crippen molar-refractivity contribution in [2.75, 3.05) is 39.3 Å². The van der Waals surface area contributed by atoms with E-state index in [0.29, 0.717) is 18.4 Å². The molecule has 0 aromatic rings. The maximum atomic E-state index is 13.1. The van der Waals surface area contributed by atoms with Crippen LogP contribution in [0, 0.1) is 11.8 Å². The molecule has 3 N–H and O–H groups in total. The van der Waals surface area contributed by atoms with Crippen LogP contribution in [0.3, 0.4) is 0 Å². The molecule has 6 nitrogen and oxygen atoms in total. The highest BCUT2D eigenvalue weighted by Crippen LogP contribution is 2.21. The third-order valence-electron chi connectivity index (χ3n) is 12.9. The van der Waals surface area contributed by atoms with Crippen LogP contribution in [0.5, 0.6) is 0 Å². The number of aliphatic hydroxyl groups is 1. The van der Waals surface area contributed by atoms with E-state index >= 15 is 0 Å². The van der Waals surface area contributed by atoms with Gasteiger partial charge in [-0.3, -0.25) is 9.59 Å². The maximum absolute atomic E-state index is 13.1. The fourth-order valence-corrected chi connectivity index (χ4v) is 8.80. The number of amides is 2. The summed E-state index contributed by atoms with van der Waals surface area (Å²) in [6.07, 6.45) is 48.0. The summed E-state index contributed by atoms with van der Waals surface area (Å²) in [5, 5.41) is 15.9. The summed E-state index contributed by atoms with van der Waals surface area (Å²) in [7, 11) is 0. The first-order valence-corrected chi connectivity index (χ1v) is 26.9. The average Bonchev–Trinajstić information content (AvgIpc) is 3.24. The molecule has 59 heavy (non-hydrogen) atoms. The molecular weight excluding hydrogens is 727 g/mol. The van der Waals surface area contributed by atoms with Crippen LogP contribution in [0.2, 0.25) is 0 Å². The number of nitrogens with zero attached hydrogens (tertiary/aromatic N) is 1. The minimum absolute atomic E-state index is 0.220. The van der Waals surface area contributed by atoms with Crippen molar-refractivity contribution in [1.29, 1.82) is 0 Å². The largest absolute Gasteiger partial charge is 0.396 e. The quantitative estimate of drug-likeness (QED) is 0.0533. The Balaban J connectivity index is 4.26. The molecule has 0 saturated carbocycles. The molecular formula is C53H107N3O3. The van der Waals surface area contributed by atoms with E-state index < -0.39 is 0 Å². The molecule has 0 heterocycles. The van der Waals surface area contributed by atoms with Crippen LogP contribution in [0.1, 0.15) is 278 Å². The standard InChI is InChI=1S/C53H107N3O3/c1-5-9-13-17-23-32-42-50(40-30-15-11-7-3)52(58)54-44-34-25-19-21-27-36-46-56(48-38-29-39-49-57)47-37-28-22-20-26-35-45-55-53(59)51(41-31-16-12-8-4)43-33-24-18-14-10-6-2/h50-51,57H,5-49H2,1-4H3,(H,54,58)(H,55,59).